The number of unbranched alkanes of at least 4 members (excludes halogenated alkanes) is 1. The van der Waals surface area contributed by atoms with Crippen molar-refractivity contribution in [3.05, 3.63) is 29.8 Å². The van der Waals surface area contributed by atoms with Crippen molar-refractivity contribution in [2.75, 3.05) is 20.2 Å². The Morgan fingerprint density at radius 3 is 2.59 bits per heavy atom. The summed E-state index contributed by atoms with van der Waals surface area (Å²) in [6.45, 7) is 0.945. The van der Waals surface area contributed by atoms with Crippen molar-refractivity contribution in [1.82, 2.24) is 4.90 Å². The Hall–Kier alpha value is -2.04. The van der Waals surface area contributed by atoms with Crippen LogP contribution >= 0.6 is 0 Å². The summed E-state index contributed by atoms with van der Waals surface area (Å²) in [7, 11) is 1.65. The number of likely N-dealkylation sites (tertiary alicyclic amines) is 1. The highest BCUT2D eigenvalue weighted by atomic mass is 16.5. The van der Waals surface area contributed by atoms with Crippen LogP contribution in [0.5, 0.6) is 5.75 Å². The van der Waals surface area contributed by atoms with Crippen LogP contribution in [0.4, 0.5) is 0 Å². The molecule has 1 amide bonds. The first kappa shape index (κ1) is 16.3. The van der Waals surface area contributed by atoms with Gasteiger partial charge in [0.25, 0.3) is 0 Å². The Bertz CT molecular complexity index is 512. The van der Waals surface area contributed by atoms with E-state index in [9.17, 15) is 9.59 Å². The molecule has 0 radical (unpaired) electrons. The number of carbonyl (C=O) groups excluding carboxylic acids is 1. The Balaban J connectivity index is 1.66. The van der Waals surface area contributed by atoms with Crippen LogP contribution in [0, 0.1) is 5.92 Å². The molecule has 1 aliphatic heterocycles. The lowest BCUT2D eigenvalue weighted by Gasteiger charge is -2.15. The molecule has 1 aromatic rings. The molecule has 1 saturated heterocycles. The zero-order valence-corrected chi connectivity index (χ0v) is 13.0. The quantitative estimate of drug-likeness (QED) is 0.785. The second-order valence-corrected chi connectivity index (χ2v) is 5.72. The van der Waals surface area contributed by atoms with Crippen LogP contribution in [-0.4, -0.2) is 42.1 Å². The van der Waals surface area contributed by atoms with Crippen molar-refractivity contribution < 1.29 is 19.4 Å². The zero-order chi connectivity index (χ0) is 15.9. The van der Waals surface area contributed by atoms with Crippen LogP contribution in [0.25, 0.3) is 0 Å². The van der Waals surface area contributed by atoms with Crippen molar-refractivity contribution in [3.8, 4) is 5.75 Å². The van der Waals surface area contributed by atoms with Gasteiger partial charge in [0.15, 0.2) is 0 Å². The molecule has 1 heterocycles. The summed E-state index contributed by atoms with van der Waals surface area (Å²) in [6, 6.07) is 7.96. The van der Waals surface area contributed by atoms with E-state index in [1.807, 2.05) is 24.3 Å². The van der Waals surface area contributed by atoms with Gasteiger partial charge < -0.3 is 14.7 Å². The van der Waals surface area contributed by atoms with Gasteiger partial charge in [-0.25, -0.2) is 0 Å². The average Bonchev–Trinajstić information content (AvgIpc) is 3.02. The first-order valence-corrected chi connectivity index (χ1v) is 7.73. The molecule has 5 nitrogen and oxygen atoms in total. The van der Waals surface area contributed by atoms with Crippen molar-refractivity contribution in [1.29, 1.82) is 0 Å². The van der Waals surface area contributed by atoms with E-state index in [1.54, 1.807) is 12.0 Å². The molecule has 1 N–H and O–H groups in total. The molecule has 0 spiro atoms. The van der Waals surface area contributed by atoms with Gasteiger partial charge in [0, 0.05) is 19.5 Å². The largest absolute Gasteiger partial charge is 0.497 e. The normalized spacial score (nSPS) is 17.5. The Kier molecular flexibility index (Phi) is 5.81. The van der Waals surface area contributed by atoms with Gasteiger partial charge in [0.1, 0.15) is 5.75 Å². The van der Waals surface area contributed by atoms with Gasteiger partial charge in [-0.3, -0.25) is 9.59 Å². The van der Waals surface area contributed by atoms with Crippen molar-refractivity contribution in [3.63, 3.8) is 0 Å². The van der Waals surface area contributed by atoms with Gasteiger partial charge in [-0.2, -0.15) is 0 Å². The molecular weight excluding hydrogens is 282 g/mol. The fraction of sp³-hybridized carbons (Fsp3) is 0.529. The molecule has 5 heteroatoms. The zero-order valence-electron chi connectivity index (χ0n) is 13.0. The summed E-state index contributed by atoms with van der Waals surface area (Å²) in [5.74, 6) is -0.252. The highest BCUT2D eigenvalue weighted by Gasteiger charge is 2.30. The number of ether oxygens (including phenoxy) is 1. The van der Waals surface area contributed by atoms with Gasteiger partial charge in [0.2, 0.25) is 5.91 Å². The minimum Gasteiger partial charge on any atom is -0.497 e. The number of aliphatic carboxylic acids is 1. The molecule has 1 aliphatic rings. The Labute approximate surface area is 130 Å². The summed E-state index contributed by atoms with van der Waals surface area (Å²) >= 11 is 0. The van der Waals surface area contributed by atoms with Gasteiger partial charge >= 0.3 is 5.97 Å². The molecule has 0 bridgehead atoms. The highest BCUT2D eigenvalue weighted by Crippen LogP contribution is 2.18. The van der Waals surface area contributed by atoms with Crippen molar-refractivity contribution in [2.24, 2.45) is 5.92 Å². The van der Waals surface area contributed by atoms with E-state index in [1.165, 1.54) is 5.56 Å². The second-order valence-electron chi connectivity index (χ2n) is 5.72. The van der Waals surface area contributed by atoms with Gasteiger partial charge in [-0.05, 0) is 43.4 Å². The summed E-state index contributed by atoms with van der Waals surface area (Å²) in [5, 5.41) is 8.94. The van der Waals surface area contributed by atoms with E-state index in [4.69, 9.17) is 9.84 Å². The second kappa shape index (κ2) is 7.82. The molecule has 0 aromatic heterocycles. The van der Waals surface area contributed by atoms with E-state index in [2.05, 4.69) is 0 Å². The lowest BCUT2D eigenvalue weighted by Crippen LogP contribution is -2.29. The summed E-state index contributed by atoms with van der Waals surface area (Å²) < 4.78 is 5.12. The summed E-state index contributed by atoms with van der Waals surface area (Å²) in [6.07, 6.45) is 3.80. The maximum atomic E-state index is 12.0. The number of hydrogen-bond donors (Lipinski definition) is 1. The molecule has 1 unspecified atom stereocenters. The number of carbonyl (C=O) groups is 2. The molecule has 120 valence electrons. The standard InChI is InChI=1S/C17H23NO4/c1-22-15-8-6-13(7-9-15)4-2-3-5-16(19)18-11-10-14(12-18)17(20)21/h6-9,14H,2-5,10-12H2,1H3,(H,20,21). The number of benzene rings is 1. The number of aryl methyl sites for hydroxylation is 1. The van der Waals surface area contributed by atoms with Crippen LogP contribution in [-0.2, 0) is 16.0 Å². The summed E-state index contributed by atoms with van der Waals surface area (Å²) in [5.41, 5.74) is 1.24. The number of carboxylic acid groups (broad SMARTS) is 1. The van der Waals surface area contributed by atoms with Crippen molar-refractivity contribution in [2.45, 2.75) is 32.1 Å². The van der Waals surface area contributed by atoms with Crippen LogP contribution in [0.1, 0.15) is 31.2 Å². The summed E-state index contributed by atoms with van der Waals surface area (Å²) in [4.78, 5) is 24.6. The molecule has 22 heavy (non-hydrogen) atoms. The molecule has 0 saturated carbocycles. The number of rotatable bonds is 7. The lowest BCUT2D eigenvalue weighted by atomic mass is 10.1. The Morgan fingerprint density at radius 2 is 2.00 bits per heavy atom. The molecule has 1 atom stereocenters. The first-order chi connectivity index (χ1) is 10.6. The monoisotopic (exact) mass is 305 g/mol. The minimum atomic E-state index is -0.796. The van der Waals surface area contributed by atoms with Gasteiger partial charge in [0.05, 0.1) is 13.0 Å². The maximum Gasteiger partial charge on any atom is 0.308 e. The SMILES string of the molecule is COc1ccc(CCCCC(=O)N2CCC(C(=O)O)C2)cc1. The topological polar surface area (TPSA) is 66.8 Å². The molecule has 0 aliphatic carbocycles. The van der Waals surface area contributed by atoms with E-state index in [0.29, 0.717) is 25.9 Å². The third kappa shape index (κ3) is 4.48. The number of methoxy groups -OCH3 is 1. The molecule has 2 rings (SSSR count). The predicted octanol–water partition coefficient (Wildman–Crippen LogP) is 2.34. The molecule has 1 fully saturated rings. The number of hydrogen-bond acceptors (Lipinski definition) is 3. The average molecular weight is 305 g/mol. The van der Waals surface area contributed by atoms with Crippen molar-refractivity contribution >= 4 is 11.9 Å². The van der Waals surface area contributed by atoms with Crippen LogP contribution in [0.15, 0.2) is 24.3 Å². The number of nitrogens with zero attached hydrogens (tertiary/aromatic N) is 1. The predicted molar refractivity (Wildman–Crippen MR) is 82.9 cm³/mol. The number of amides is 1. The fourth-order valence-electron chi connectivity index (χ4n) is 2.74. The fourth-order valence-corrected chi connectivity index (χ4v) is 2.74. The smallest absolute Gasteiger partial charge is 0.308 e. The van der Waals surface area contributed by atoms with E-state index < -0.39 is 5.97 Å². The van der Waals surface area contributed by atoms with Gasteiger partial charge in [-0.1, -0.05) is 12.1 Å². The first-order valence-electron chi connectivity index (χ1n) is 7.73. The van der Waals surface area contributed by atoms with Crippen LogP contribution < -0.4 is 4.74 Å². The lowest BCUT2D eigenvalue weighted by molar-refractivity contribution is -0.141. The van der Waals surface area contributed by atoms with Gasteiger partial charge in [-0.15, -0.1) is 0 Å². The third-order valence-electron chi connectivity index (χ3n) is 4.16. The van der Waals surface area contributed by atoms with E-state index in [0.717, 1.165) is 25.0 Å². The highest BCUT2D eigenvalue weighted by molar-refractivity contribution is 5.78. The van der Waals surface area contributed by atoms with Crippen LogP contribution in [0.3, 0.4) is 0 Å². The maximum absolute atomic E-state index is 12.0. The van der Waals surface area contributed by atoms with E-state index in [-0.39, 0.29) is 11.8 Å². The van der Waals surface area contributed by atoms with Crippen LogP contribution in [0.2, 0.25) is 0 Å². The van der Waals surface area contributed by atoms with E-state index >= 15 is 0 Å². The minimum absolute atomic E-state index is 0.0819. The third-order valence-corrected chi connectivity index (χ3v) is 4.16. The molecule has 1 aromatic carbocycles. The number of carboxylic acids is 1. The molecular formula is C17H23NO4. The Morgan fingerprint density at radius 1 is 1.27 bits per heavy atom.